The van der Waals surface area contributed by atoms with Crippen LogP contribution in [0.4, 0.5) is 0 Å². The van der Waals surface area contributed by atoms with Crippen LogP contribution in [0.3, 0.4) is 0 Å². The molecule has 2 aliphatic rings. The van der Waals surface area contributed by atoms with Crippen molar-refractivity contribution in [3.8, 4) is 0 Å². The monoisotopic (exact) mass is 314 g/mol. The highest BCUT2D eigenvalue weighted by molar-refractivity contribution is 6.03. The maximum atomic E-state index is 12.1. The Morgan fingerprint density at radius 1 is 1.35 bits per heavy atom. The number of likely N-dealkylation sites (tertiary alicyclic amines) is 1. The molecule has 0 aliphatic carbocycles. The molecular formula is C18H26N4O. The Morgan fingerprint density at radius 2 is 2.13 bits per heavy atom. The van der Waals surface area contributed by atoms with Crippen molar-refractivity contribution in [2.75, 3.05) is 19.6 Å². The Morgan fingerprint density at radius 3 is 2.91 bits per heavy atom. The van der Waals surface area contributed by atoms with Crippen molar-refractivity contribution in [2.24, 2.45) is 5.10 Å². The molecule has 2 N–H and O–H groups in total. The van der Waals surface area contributed by atoms with Gasteiger partial charge in [-0.1, -0.05) is 24.3 Å². The van der Waals surface area contributed by atoms with Gasteiger partial charge in [0.25, 0.3) is 0 Å². The second-order valence-electron chi connectivity index (χ2n) is 6.48. The summed E-state index contributed by atoms with van der Waals surface area (Å²) < 4.78 is 0. The van der Waals surface area contributed by atoms with Crippen LogP contribution < -0.4 is 10.7 Å². The van der Waals surface area contributed by atoms with Crippen molar-refractivity contribution in [1.29, 1.82) is 0 Å². The van der Waals surface area contributed by atoms with Crippen molar-refractivity contribution in [2.45, 2.75) is 45.2 Å². The van der Waals surface area contributed by atoms with Gasteiger partial charge in [0.15, 0.2) is 0 Å². The lowest BCUT2D eigenvalue weighted by atomic mass is 10.0. The number of amides is 1. The van der Waals surface area contributed by atoms with Gasteiger partial charge >= 0.3 is 0 Å². The Labute approximate surface area is 138 Å². The molecule has 5 nitrogen and oxygen atoms in total. The van der Waals surface area contributed by atoms with Gasteiger partial charge in [0, 0.05) is 18.4 Å². The molecule has 5 heteroatoms. The van der Waals surface area contributed by atoms with Gasteiger partial charge < -0.3 is 10.2 Å². The zero-order valence-corrected chi connectivity index (χ0v) is 13.8. The van der Waals surface area contributed by atoms with E-state index in [0.717, 1.165) is 30.7 Å². The third-order valence-electron chi connectivity index (χ3n) is 4.62. The number of aryl methyl sites for hydroxylation is 1. The van der Waals surface area contributed by atoms with Gasteiger partial charge in [0.05, 0.1) is 5.71 Å². The number of hydrazone groups is 1. The van der Waals surface area contributed by atoms with E-state index in [4.69, 9.17) is 0 Å². The van der Waals surface area contributed by atoms with Crippen molar-refractivity contribution >= 4 is 11.6 Å². The van der Waals surface area contributed by atoms with Crippen LogP contribution >= 0.6 is 0 Å². The SMILES string of the molecule is Cc1ccccc1C1=NNC(NC(=O)CCCN2CCCC2)C1. The van der Waals surface area contributed by atoms with Crippen LogP contribution in [0.25, 0.3) is 0 Å². The van der Waals surface area contributed by atoms with E-state index >= 15 is 0 Å². The highest BCUT2D eigenvalue weighted by Crippen LogP contribution is 2.15. The predicted molar refractivity (Wildman–Crippen MR) is 92.3 cm³/mol. The van der Waals surface area contributed by atoms with Crippen LogP contribution in [-0.4, -0.2) is 42.3 Å². The number of nitrogens with one attached hydrogen (secondary N) is 2. The van der Waals surface area contributed by atoms with E-state index in [9.17, 15) is 4.79 Å². The molecule has 2 heterocycles. The summed E-state index contributed by atoms with van der Waals surface area (Å²) in [5.74, 6) is 0.114. The zero-order chi connectivity index (χ0) is 16.1. The topological polar surface area (TPSA) is 56.7 Å². The average molecular weight is 314 g/mol. The van der Waals surface area contributed by atoms with Gasteiger partial charge in [-0.15, -0.1) is 0 Å². The van der Waals surface area contributed by atoms with Gasteiger partial charge in [-0.05, 0) is 51.4 Å². The van der Waals surface area contributed by atoms with E-state index in [-0.39, 0.29) is 12.1 Å². The van der Waals surface area contributed by atoms with E-state index in [1.54, 1.807) is 0 Å². The minimum Gasteiger partial charge on any atom is -0.334 e. The molecule has 1 aromatic rings. The van der Waals surface area contributed by atoms with Gasteiger partial charge in [-0.25, -0.2) is 0 Å². The summed E-state index contributed by atoms with van der Waals surface area (Å²) in [4.78, 5) is 14.5. The second-order valence-corrected chi connectivity index (χ2v) is 6.48. The lowest BCUT2D eigenvalue weighted by molar-refractivity contribution is -0.122. The molecule has 1 aromatic carbocycles. The number of nitrogens with zero attached hydrogens (tertiary/aromatic N) is 2. The van der Waals surface area contributed by atoms with E-state index < -0.39 is 0 Å². The molecule has 2 aliphatic heterocycles. The first kappa shape index (κ1) is 16.0. The third-order valence-corrected chi connectivity index (χ3v) is 4.62. The highest BCUT2D eigenvalue weighted by Gasteiger charge is 2.22. The fourth-order valence-corrected chi connectivity index (χ4v) is 3.33. The van der Waals surface area contributed by atoms with Crippen LogP contribution in [0.15, 0.2) is 29.4 Å². The summed E-state index contributed by atoms with van der Waals surface area (Å²) in [6, 6.07) is 8.22. The molecule has 124 valence electrons. The molecule has 1 amide bonds. The van der Waals surface area contributed by atoms with Gasteiger partial charge in [-0.2, -0.15) is 5.10 Å². The molecule has 0 radical (unpaired) electrons. The van der Waals surface area contributed by atoms with Crippen molar-refractivity contribution in [3.05, 3.63) is 35.4 Å². The molecule has 3 rings (SSSR count). The van der Waals surface area contributed by atoms with E-state index in [1.807, 2.05) is 12.1 Å². The summed E-state index contributed by atoms with van der Waals surface area (Å²) in [6.45, 7) is 5.51. The largest absolute Gasteiger partial charge is 0.334 e. The Balaban J connectivity index is 1.40. The summed E-state index contributed by atoms with van der Waals surface area (Å²) in [5.41, 5.74) is 6.43. The minimum absolute atomic E-state index is 0.0797. The Kier molecular flexibility index (Phi) is 5.28. The van der Waals surface area contributed by atoms with Gasteiger partial charge in [0.2, 0.25) is 5.91 Å². The van der Waals surface area contributed by atoms with Crippen LogP contribution in [0.2, 0.25) is 0 Å². The minimum atomic E-state index is -0.0797. The molecule has 1 fully saturated rings. The summed E-state index contributed by atoms with van der Waals surface area (Å²) in [5, 5.41) is 7.43. The predicted octanol–water partition coefficient (Wildman–Crippen LogP) is 2.01. The second kappa shape index (κ2) is 7.59. The highest BCUT2D eigenvalue weighted by atomic mass is 16.1. The lowest BCUT2D eigenvalue weighted by Crippen LogP contribution is -2.41. The summed E-state index contributed by atoms with van der Waals surface area (Å²) in [7, 11) is 0. The molecule has 0 aromatic heterocycles. The first-order valence-corrected chi connectivity index (χ1v) is 8.62. The molecule has 1 unspecified atom stereocenters. The molecule has 23 heavy (non-hydrogen) atoms. The van der Waals surface area contributed by atoms with E-state index in [0.29, 0.717) is 6.42 Å². The van der Waals surface area contributed by atoms with Crippen molar-refractivity contribution < 1.29 is 4.79 Å². The van der Waals surface area contributed by atoms with Crippen LogP contribution in [0, 0.1) is 6.92 Å². The smallest absolute Gasteiger partial charge is 0.221 e. The van der Waals surface area contributed by atoms with Crippen LogP contribution in [0.5, 0.6) is 0 Å². The number of hydrogen-bond donors (Lipinski definition) is 2. The quantitative estimate of drug-likeness (QED) is 0.844. The van der Waals surface area contributed by atoms with Gasteiger partial charge in [-0.3, -0.25) is 10.2 Å². The number of carbonyl (C=O) groups is 1. The third kappa shape index (κ3) is 4.32. The van der Waals surface area contributed by atoms with Crippen molar-refractivity contribution in [1.82, 2.24) is 15.6 Å². The molecule has 1 atom stereocenters. The number of carbonyl (C=O) groups excluding carboxylic acids is 1. The number of hydrogen-bond acceptors (Lipinski definition) is 4. The Bertz CT molecular complexity index is 578. The summed E-state index contributed by atoms with van der Waals surface area (Å²) in [6.07, 6.45) is 4.79. The maximum absolute atomic E-state index is 12.1. The number of benzene rings is 1. The van der Waals surface area contributed by atoms with Gasteiger partial charge in [0.1, 0.15) is 6.17 Å². The van der Waals surface area contributed by atoms with Crippen molar-refractivity contribution in [3.63, 3.8) is 0 Å². The first-order valence-electron chi connectivity index (χ1n) is 8.62. The Hall–Kier alpha value is -1.88. The van der Waals surface area contributed by atoms with E-state index in [2.05, 4.69) is 39.8 Å². The number of rotatable bonds is 6. The molecule has 0 spiro atoms. The fourth-order valence-electron chi connectivity index (χ4n) is 3.33. The molecule has 1 saturated heterocycles. The van der Waals surface area contributed by atoms with Crippen LogP contribution in [-0.2, 0) is 4.79 Å². The fraction of sp³-hybridized carbons (Fsp3) is 0.556. The molecule has 0 bridgehead atoms. The normalized spacial score (nSPS) is 21.1. The zero-order valence-electron chi connectivity index (χ0n) is 13.8. The lowest BCUT2D eigenvalue weighted by Gasteiger charge is -2.15. The standard InChI is InChI=1S/C18H26N4O/c1-14-7-2-3-8-15(14)16-13-17(21-20-16)19-18(23)9-6-12-22-10-4-5-11-22/h2-3,7-8,17,21H,4-6,9-13H2,1H3,(H,19,23). The first-order chi connectivity index (χ1) is 11.2. The van der Waals surface area contributed by atoms with E-state index in [1.165, 1.54) is 31.5 Å². The molecule has 0 saturated carbocycles. The maximum Gasteiger partial charge on any atom is 0.221 e. The average Bonchev–Trinajstić information content (AvgIpc) is 3.20. The molecular weight excluding hydrogens is 288 g/mol. The van der Waals surface area contributed by atoms with Crippen LogP contribution in [0.1, 0.15) is 43.2 Å². The summed E-state index contributed by atoms with van der Waals surface area (Å²) >= 11 is 0.